The molecule has 0 bridgehead atoms. The summed E-state index contributed by atoms with van der Waals surface area (Å²) in [5, 5.41) is 2.79. The molecule has 31 heavy (non-hydrogen) atoms. The molecule has 168 valence electrons. The summed E-state index contributed by atoms with van der Waals surface area (Å²) < 4.78 is 46.2. The zero-order valence-corrected chi connectivity index (χ0v) is 18.4. The lowest BCUT2D eigenvalue weighted by Gasteiger charge is -2.26. The average molecular weight is 450 g/mol. The number of halogens is 1. The highest BCUT2D eigenvalue weighted by Crippen LogP contribution is 2.24. The molecule has 0 radical (unpaired) electrons. The maximum absolute atomic E-state index is 13.4. The lowest BCUT2D eigenvalue weighted by atomic mass is 10.2. The smallest absolute Gasteiger partial charge is 0.264 e. The Hall–Kier alpha value is -2.49. The molecule has 1 aliphatic heterocycles. The minimum absolute atomic E-state index is 0.0718. The molecule has 0 aliphatic carbocycles. The molecule has 1 amide bonds. The van der Waals surface area contributed by atoms with Gasteiger partial charge in [-0.1, -0.05) is 17.7 Å². The molecule has 3 rings (SSSR count). The van der Waals surface area contributed by atoms with E-state index in [2.05, 4.69) is 10.2 Å². The zero-order valence-electron chi connectivity index (χ0n) is 17.6. The van der Waals surface area contributed by atoms with Crippen molar-refractivity contribution < 1.29 is 22.3 Å². The topological polar surface area (TPSA) is 79.0 Å². The van der Waals surface area contributed by atoms with Crippen LogP contribution in [-0.2, 0) is 19.6 Å². The Balaban J connectivity index is 1.67. The van der Waals surface area contributed by atoms with Crippen molar-refractivity contribution >= 4 is 21.6 Å². The quantitative estimate of drug-likeness (QED) is 0.594. The molecule has 0 unspecified atom stereocenters. The molecular weight excluding hydrogens is 421 g/mol. The third-order valence-electron chi connectivity index (χ3n) is 5.09. The van der Waals surface area contributed by atoms with Gasteiger partial charge >= 0.3 is 0 Å². The number of hydrogen-bond donors (Lipinski definition) is 1. The van der Waals surface area contributed by atoms with Crippen molar-refractivity contribution in [1.29, 1.82) is 0 Å². The Morgan fingerprint density at radius 2 is 1.74 bits per heavy atom. The van der Waals surface area contributed by atoms with Gasteiger partial charge in [-0.25, -0.2) is 12.8 Å². The maximum atomic E-state index is 13.4. The first-order valence-corrected chi connectivity index (χ1v) is 11.7. The zero-order chi connectivity index (χ0) is 22.3. The molecule has 7 nitrogen and oxygen atoms in total. The van der Waals surface area contributed by atoms with E-state index in [0.29, 0.717) is 6.54 Å². The van der Waals surface area contributed by atoms with E-state index < -0.39 is 21.7 Å². The molecule has 1 N–H and O–H groups in total. The molecule has 1 fully saturated rings. The summed E-state index contributed by atoms with van der Waals surface area (Å²) in [5.74, 6) is -0.897. The van der Waals surface area contributed by atoms with Gasteiger partial charge in [-0.3, -0.25) is 14.0 Å². The molecule has 1 heterocycles. The van der Waals surface area contributed by atoms with Crippen LogP contribution in [0.1, 0.15) is 12.0 Å². The molecule has 1 saturated heterocycles. The van der Waals surface area contributed by atoms with Gasteiger partial charge < -0.3 is 10.1 Å². The van der Waals surface area contributed by atoms with Gasteiger partial charge in [0.25, 0.3) is 10.0 Å². The molecule has 2 aromatic rings. The van der Waals surface area contributed by atoms with E-state index in [9.17, 15) is 17.6 Å². The number of sulfonamides is 1. The Kier molecular flexibility index (Phi) is 8.00. The average Bonchev–Trinajstić information content (AvgIpc) is 2.77. The van der Waals surface area contributed by atoms with Gasteiger partial charge in [0.1, 0.15) is 12.4 Å². The maximum Gasteiger partial charge on any atom is 0.264 e. The third-order valence-corrected chi connectivity index (χ3v) is 6.88. The van der Waals surface area contributed by atoms with Crippen molar-refractivity contribution in [3.8, 4) is 0 Å². The van der Waals surface area contributed by atoms with Gasteiger partial charge in [-0.15, -0.1) is 0 Å². The Morgan fingerprint density at radius 1 is 1.10 bits per heavy atom. The lowest BCUT2D eigenvalue weighted by Crippen LogP contribution is -2.42. The predicted octanol–water partition coefficient (Wildman–Crippen LogP) is 2.17. The van der Waals surface area contributed by atoms with E-state index in [1.165, 1.54) is 36.4 Å². The highest BCUT2D eigenvalue weighted by molar-refractivity contribution is 7.92. The van der Waals surface area contributed by atoms with Crippen molar-refractivity contribution in [2.45, 2.75) is 18.2 Å². The molecular formula is C22H28FN3O4S. The summed E-state index contributed by atoms with van der Waals surface area (Å²) in [5.41, 5.74) is 1.15. The number of benzene rings is 2. The number of nitrogens with zero attached hydrogens (tertiary/aromatic N) is 2. The van der Waals surface area contributed by atoms with Crippen LogP contribution in [0.3, 0.4) is 0 Å². The number of morpholine rings is 1. The molecule has 0 saturated carbocycles. The monoisotopic (exact) mass is 449 g/mol. The minimum Gasteiger partial charge on any atom is -0.379 e. The standard InChI is InChI=1S/C22H28FN3O4S/c1-18-3-9-21(10-4-18)31(28,29)26(20-7-5-19(23)6-8-20)17-22(27)24-11-2-12-25-13-15-30-16-14-25/h3-10H,2,11-17H2,1H3,(H,24,27). The first kappa shape index (κ1) is 23.2. The van der Waals surface area contributed by atoms with Crippen molar-refractivity contribution in [2.75, 3.05) is 50.2 Å². The second-order valence-corrected chi connectivity index (χ2v) is 9.32. The highest BCUT2D eigenvalue weighted by atomic mass is 32.2. The molecule has 9 heteroatoms. The largest absolute Gasteiger partial charge is 0.379 e. The van der Waals surface area contributed by atoms with Gasteiger partial charge in [0, 0.05) is 19.6 Å². The van der Waals surface area contributed by atoms with Crippen molar-refractivity contribution in [1.82, 2.24) is 10.2 Å². The Labute approximate surface area is 182 Å². The van der Waals surface area contributed by atoms with E-state index in [1.807, 2.05) is 6.92 Å². The highest BCUT2D eigenvalue weighted by Gasteiger charge is 2.27. The number of aryl methyl sites for hydroxylation is 1. The van der Waals surface area contributed by atoms with Crippen molar-refractivity contribution in [3.63, 3.8) is 0 Å². The Morgan fingerprint density at radius 3 is 2.39 bits per heavy atom. The van der Waals surface area contributed by atoms with Crippen LogP contribution < -0.4 is 9.62 Å². The lowest BCUT2D eigenvalue weighted by molar-refractivity contribution is -0.119. The van der Waals surface area contributed by atoms with Crippen LogP contribution in [0.15, 0.2) is 53.4 Å². The number of ether oxygens (including phenoxy) is 1. The van der Waals surface area contributed by atoms with E-state index in [4.69, 9.17) is 4.74 Å². The van der Waals surface area contributed by atoms with E-state index in [1.54, 1.807) is 12.1 Å². The summed E-state index contributed by atoms with van der Waals surface area (Å²) in [4.78, 5) is 14.9. The first-order valence-electron chi connectivity index (χ1n) is 10.3. The van der Waals surface area contributed by atoms with E-state index in [-0.39, 0.29) is 17.1 Å². The van der Waals surface area contributed by atoms with Crippen molar-refractivity contribution in [2.24, 2.45) is 0 Å². The fraction of sp³-hybridized carbons (Fsp3) is 0.409. The first-order chi connectivity index (χ1) is 14.9. The van der Waals surface area contributed by atoms with Gasteiger partial charge in [-0.05, 0) is 56.3 Å². The third kappa shape index (κ3) is 6.49. The van der Waals surface area contributed by atoms with Gasteiger partial charge in [-0.2, -0.15) is 0 Å². The van der Waals surface area contributed by atoms with E-state index >= 15 is 0 Å². The second kappa shape index (κ2) is 10.7. The second-order valence-electron chi connectivity index (χ2n) is 7.46. The van der Waals surface area contributed by atoms with Crippen LogP contribution in [0.4, 0.5) is 10.1 Å². The van der Waals surface area contributed by atoms with E-state index in [0.717, 1.165) is 49.1 Å². The van der Waals surface area contributed by atoms with Gasteiger partial charge in [0.2, 0.25) is 5.91 Å². The number of nitrogens with one attached hydrogen (secondary N) is 1. The van der Waals surface area contributed by atoms with Crippen LogP contribution in [-0.4, -0.2) is 65.2 Å². The van der Waals surface area contributed by atoms with Crippen molar-refractivity contribution in [3.05, 3.63) is 59.9 Å². The van der Waals surface area contributed by atoms with Crippen LogP contribution in [0.25, 0.3) is 0 Å². The molecule has 2 aromatic carbocycles. The predicted molar refractivity (Wildman–Crippen MR) is 117 cm³/mol. The molecule has 0 atom stereocenters. The van der Waals surface area contributed by atoms with Crippen LogP contribution in [0.2, 0.25) is 0 Å². The number of carbonyl (C=O) groups excluding carboxylic acids is 1. The van der Waals surface area contributed by atoms with Crippen LogP contribution >= 0.6 is 0 Å². The number of rotatable bonds is 9. The van der Waals surface area contributed by atoms with Crippen LogP contribution in [0, 0.1) is 12.7 Å². The number of hydrogen-bond acceptors (Lipinski definition) is 5. The fourth-order valence-electron chi connectivity index (χ4n) is 3.30. The molecule has 0 spiro atoms. The normalized spacial score (nSPS) is 14.9. The number of anilines is 1. The summed E-state index contributed by atoms with van der Waals surface area (Å²) in [6.45, 7) is 5.94. The minimum atomic E-state index is -4.00. The SMILES string of the molecule is Cc1ccc(S(=O)(=O)N(CC(=O)NCCCN2CCOCC2)c2ccc(F)cc2)cc1. The number of carbonyl (C=O) groups is 1. The van der Waals surface area contributed by atoms with Gasteiger partial charge in [0.05, 0.1) is 23.8 Å². The number of amides is 1. The summed E-state index contributed by atoms with van der Waals surface area (Å²) in [7, 11) is -4.00. The van der Waals surface area contributed by atoms with Gasteiger partial charge in [0.15, 0.2) is 0 Å². The molecule has 1 aliphatic rings. The Bertz CT molecular complexity index is 959. The molecule has 0 aromatic heterocycles. The fourth-order valence-corrected chi connectivity index (χ4v) is 4.72. The summed E-state index contributed by atoms with van der Waals surface area (Å²) in [6.07, 6.45) is 0.757. The summed E-state index contributed by atoms with van der Waals surface area (Å²) in [6, 6.07) is 11.5. The van der Waals surface area contributed by atoms with Crippen LogP contribution in [0.5, 0.6) is 0 Å². The summed E-state index contributed by atoms with van der Waals surface area (Å²) >= 11 is 0.